The summed E-state index contributed by atoms with van der Waals surface area (Å²) in [4.78, 5) is 73.1. The Bertz CT molecular complexity index is 2560. The molecular formula is C60H90FN5O13SSi. The van der Waals surface area contributed by atoms with Gasteiger partial charge in [0, 0.05) is 44.0 Å². The van der Waals surface area contributed by atoms with Crippen LogP contribution in [0.25, 0.3) is 10.4 Å². The summed E-state index contributed by atoms with van der Waals surface area (Å²) in [5.41, 5.74) is 2.63. The highest BCUT2D eigenvalue weighted by atomic mass is 32.1. The first-order valence-corrected chi connectivity index (χ1v) is 32.9. The Kier molecular flexibility index (Phi) is 21.9. The van der Waals surface area contributed by atoms with E-state index in [-0.39, 0.29) is 112 Å². The Labute approximate surface area is 483 Å². The van der Waals surface area contributed by atoms with Crippen LogP contribution in [0.4, 0.5) is 9.18 Å². The van der Waals surface area contributed by atoms with Crippen molar-refractivity contribution in [2.24, 2.45) is 29.1 Å². The van der Waals surface area contributed by atoms with Crippen LogP contribution in [-0.2, 0) is 53.8 Å². The molecule has 0 unspecified atom stereocenters. The van der Waals surface area contributed by atoms with Crippen LogP contribution < -0.4 is 20.7 Å². The molecule has 1 aromatic carbocycles. The van der Waals surface area contributed by atoms with Gasteiger partial charge in [-0.25, -0.2) is 14.2 Å². The molecule has 0 bridgehead atoms. The Hall–Kier alpha value is -4.77. The number of nitrogens with one attached hydrogen (secondary N) is 3. The van der Waals surface area contributed by atoms with Crippen LogP contribution in [0.1, 0.15) is 118 Å². The van der Waals surface area contributed by atoms with Gasteiger partial charge in [-0.3, -0.25) is 19.2 Å². The second kappa shape index (κ2) is 27.7. The fraction of sp³-hybridized carbons (Fsp3) is 0.700. The van der Waals surface area contributed by atoms with E-state index in [1.54, 1.807) is 26.3 Å². The monoisotopic (exact) mass is 1170 g/mol. The summed E-state index contributed by atoms with van der Waals surface area (Å²) in [7, 11) is -2.06. The molecule has 18 nitrogen and oxygen atoms in total. The van der Waals surface area contributed by atoms with Gasteiger partial charge in [0.2, 0.25) is 11.8 Å². The summed E-state index contributed by atoms with van der Waals surface area (Å²) in [5, 5.41) is 19.1. The number of β-amino-alcohol motifs (C(OH)–C–C–N with tert-alkyl or cyclic N) is 1. The number of carbonyl (C=O) groups is 5. The number of alkyl halides is 1. The number of rotatable bonds is 26. The van der Waals surface area contributed by atoms with Crippen molar-refractivity contribution >= 4 is 49.4 Å². The SMILES string of the molecule is Cc1ncsc1-c1ccc(CNC(=O)[C@@H]2C[C@@H](O)CN2C(=O)[C@@H](NC(=O)C2(F)CC2)C(C)(C)C)c(OCCOCCOCCOCCNC(=O)O[C@H]2C[C@@H](C)C=C3C=C[C@H](C)[C@H](CC[C@@H]4C[C@@H](O[Si](C)(C)C(C)(C)C)CC(=O)O4)[C@H]32)c1. The number of likely N-dealkylation sites (tertiary alicyclic amines) is 1. The number of hydrogen-bond acceptors (Lipinski definition) is 15. The van der Waals surface area contributed by atoms with E-state index < -0.39 is 61.4 Å². The van der Waals surface area contributed by atoms with Crippen LogP contribution in [-0.4, -0.2) is 155 Å². The topological polar surface area (TPSA) is 222 Å². The molecule has 4 amide bonds. The second-order valence-corrected chi connectivity index (χ2v) is 31.0. The van der Waals surface area contributed by atoms with Gasteiger partial charge < -0.3 is 58.8 Å². The third-order valence-corrected chi connectivity index (χ3v) is 22.3. The maximum Gasteiger partial charge on any atom is 0.407 e. The number of nitrogens with zero attached hydrogens (tertiary/aromatic N) is 2. The molecule has 21 heteroatoms. The first-order chi connectivity index (χ1) is 38.2. The van der Waals surface area contributed by atoms with E-state index in [9.17, 15) is 33.5 Å². The van der Waals surface area contributed by atoms with Gasteiger partial charge in [-0.15, -0.1) is 11.3 Å². The largest absolute Gasteiger partial charge is 0.491 e. The number of thiazole rings is 1. The molecule has 1 aromatic heterocycles. The maximum atomic E-state index is 14.7. The van der Waals surface area contributed by atoms with Crippen LogP contribution in [0.15, 0.2) is 47.5 Å². The molecule has 2 aliphatic heterocycles. The number of halogens is 1. The molecule has 10 atom stereocenters. The Morgan fingerprint density at radius 1 is 0.951 bits per heavy atom. The summed E-state index contributed by atoms with van der Waals surface area (Å²) in [6.45, 7) is 24.9. The smallest absolute Gasteiger partial charge is 0.407 e. The number of aromatic nitrogens is 1. The van der Waals surface area contributed by atoms with Gasteiger partial charge in [0.15, 0.2) is 14.0 Å². The van der Waals surface area contributed by atoms with Gasteiger partial charge in [0.05, 0.1) is 74.4 Å². The van der Waals surface area contributed by atoms with Crippen LogP contribution in [0.2, 0.25) is 18.1 Å². The molecule has 4 N–H and O–H groups in total. The average molecular weight is 1170 g/mol. The molecule has 0 radical (unpaired) electrons. The van der Waals surface area contributed by atoms with Crippen molar-refractivity contribution in [3.05, 3.63) is 58.8 Å². The van der Waals surface area contributed by atoms with Crippen molar-refractivity contribution in [3.63, 3.8) is 0 Å². The van der Waals surface area contributed by atoms with E-state index in [0.717, 1.165) is 35.4 Å². The summed E-state index contributed by atoms with van der Waals surface area (Å²) in [6, 6.07) is 3.56. The first-order valence-electron chi connectivity index (χ1n) is 29.1. The van der Waals surface area contributed by atoms with E-state index in [0.29, 0.717) is 50.6 Å². The van der Waals surface area contributed by atoms with Crippen molar-refractivity contribution in [1.82, 2.24) is 25.8 Å². The van der Waals surface area contributed by atoms with E-state index in [2.05, 4.69) is 86.9 Å². The number of esters is 1. The van der Waals surface area contributed by atoms with Gasteiger partial charge in [0.25, 0.3) is 5.91 Å². The van der Waals surface area contributed by atoms with Crippen molar-refractivity contribution < 1.29 is 66.3 Å². The lowest BCUT2D eigenvalue weighted by molar-refractivity contribution is -0.160. The number of hydrogen-bond donors (Lipinski definition) is 4. The number of amides is 4. The molecule has 1 saturated carbocycles. The molecule has 7 rings (SSSR count). The molecular weight excluding hydrogens is 1080 g/mol. The minimum atomic E-state index is -2.06. The van der Waals surface area contributed by atoms with Crippen LogP contribution in [0, 0.1) is 36.0 Å². The molecule has 3 heterocycles. The fourth-order valence-corrected chi connectivity index (χ4v) is 13.2. The summed E-state index contributed by atoms with van der Waals surface area (Å²) >= 11 is 1.50. The lowest BCUT2D eigenvalue weighted by Crippen LogP contribution is -2.59. The summed E-state index contributed by atoms with van der Waals surface area (Å²) < 4.78 is 56.9. The summed E-state index contributed by atoms with van der Waals surface area (Å²) in [6.07, 6.45) is 8.14. The molecule has 450 valence electrons. The van der Waals surface area contributed by atoms with Crippen LogP contribution in [0.3, 0.4) is 0 Å². The Morgan fingerprint density at radius 2 is 1.64 bits per heavy atom. The zero-order valence-electron chi connectivity index (χ0n) is 49.6. The molecule has 3 aliphatic carbocycles. The predicted octanol–water partition coefficient (Wildman–Crippen LogP) is 8.53. The quantitative estimate of drug-likeness (QED) is 0.0394. The molecule has 3 fully saturated rings. The number of aliphatic hydroxyl groups is 1. The summed E-state index contributed by atoms with van der Waals surface area (Å²) in [5.74, 6) is -0.789. The van der Waals surface area contributed by atoms with Gasteiger partial charge in [0.1, 0.15) is 36.6 Å². The lowest BCUT2D eigenvalue weighted by Gasteiger charge is -2.44. The molecule has 2 saturated heterocycles. The number of aliphatic hydroxyl groups excluding tert-OH is 1. The maximum absolute atomic E-state index is 14.7. The van der Waals surface area contributed by atoms with Gasteiger partial charge in [-0.1, -0.05) is 85.8 Å². The minimum absolute atomic E-state index is 0.00614. The van der Waals surface area contributed by atoms with Crippen molar-refractivity contribution in [1.29, 1.82) is 0 Å². The number of alkyl carbamates (subject to hydrolysis) is 1. The number of ether oxygens (including phenoxy) is 6. The predicted molar refractivity (Wildman–Crippen MR) is 309 cm³/mol. The average Bonchev–Trinajstić information content (AvgIpc) is 3.79. The Morgan fingerprint density at radius 3 is 2.30 bits per heavy atom. The number of allylic oxidation sites excluding steroid dienone is 3. The second-order valence-electron chi connectivity index (χ2n) is 25.4. The fourth-order valence-electron chi connectivity index (χ4n) is 11.0. The number of fused-ring (bicyclic) bond motifs is 1. The van der Waals surface area contributed by atoms with Crippen molar-refractivity contribution in [2.75, 3.05) is 59.3 Å². The normalized spacial score (nSPS) is 25.7. The lowest BCUT2D eigenvalue weighted by atomic mass is 9.65. The highest BCUT2D eigenvalue weighted by molar-refractivity contribution is 7.13. The van der Waals surface area contributed by atoms with Gasteiger partial charge in [-0.2, -0.15) is 0 Å². The molecule has 2 aromatic rings. The van der Waals surface area contributed by atoms with E-state index in [1.807, 2.05) is 25.1 Å². The molecule has 5 aliphatic rings. The van der Waals surface area contributed by atoms with Gasteiger partial charge >= 0.3 is 12.1 Å². The third-order valence-electron chi connectivity index (χ3n) is 16.8. The minimum Gasteiger partial charge on any atom is -0.491 e. The highest BCUT2D eigenvalue weighted by Gasteiger charge is 2.54. The zero-order chi connectivity index (χ0) is 58.9. The van der Waals surface area contributed by atoms with E-state index in [4.69, 9.17) is 32.8 Å². The molecule has 0 spiro atoms. The standard InChI is InChI=1S/C60H90FN5O13SSi/c1-37-28-40-13-12-38(2)46(17-16-44-32-45(33-50(68)77-44)79-81(10,11)59(7,8)9)51(40)49(29-37)78-57(72)62-20-21-73-22-23-74-24-25-75-26-27-76-48-30-41(52-39(3)64-36-80-52)14-15-42(48)34-63-54(69)47-31-43(67)35-66(47)55(70)53(58(4,5)6)65-56(71)60(61)18-19-60/h12-15,28,30,36-38,43-47,49,51,53,67H,16-27,29,31-35H2,1-11H3,(H,62,72)(H,63,69)(H,65,71)/t37-,38-,43+,44+,45+,46-,47-,49-,51-,53+/m0/s1. The van der Waals surface area contributed by atoms with Gasteiger partial charge in [-0.05, 0) is 97.5 Å². The van der Waals surface area contributed by atoms with E-state index >= 15 is 0 Å². The number of cyclic esters (lactones) is 1. The zero-order valence-corrected chi connectivity index (χ0v) is 51.4. The third kappa shape index (κ3) is 17.4. The molecule has 81 heavy (non-hydrogen) atoms. The number of benzene rings is 1. The Balaban J connectivity index is 0.798. The first kappa shape index (κ1) is 63.8. The number of aryl methyl sites for hydroxylation is 1. The van der Waals surface area contributed by atoms with Crippen LogP contribution >= 0.6 is 11.3 Å². The number of carbonyl (C=O) groups excluding carboxylic acids is 5. The highest BCUT2D eigenvalue weighted by Crippen LogP contribution is 2.46. The van der Waals surface area contributed by atoms with Crippen molar-refractivity contribution in [3.8, 4) is 16.2 Å². The van der Waals surface area contributed by atoms with Crippen molar-refractivity contribution in [2.45, 2.75) is 181 Å². The van der Waals surface area contributed by atoms with Crippen LogP contribution in [0.5, 0.6) is 5.75 Å². The van der Waals surface area contributed by atoms with E-state index in [1.165, 1.54) is 21.8 Å².